The summed E-state index contributed by atoms with van der Waals surface area (Å²) in [6, 6.07) is 17.0. The summed E-state index contributed by atoms with van der Waals surface area (Å²) < 4.78 is 11.1. The number of aliphatic hydroxyl groups excluding tert-OH is 1. The van der Waals surface area contributed by atoms with Crippen molar-refractivity contribution < 1.29 is 14.3 Å². The second-order valence-electron chi connectivity index (χ2n) is 4.54. The molecule has 0 bridgehead atoms. The maximum Gasteiger partial charge on any atom is 0.256 e. The van der Waals surface area contributed by atoms with Crippen LogP contribution >= 0.6 is 11.8 Å². The molecule has 0 saturated heterocycles. The van der Waals surface area contributed by atoms with Crippen LogP contribution < -0.4 is 4.74 Å². The van der Waals surface area contributed by atoms with Crippen LogP contribution in [0.2, 0.25) is 0 Å². The highest BCUT2D eigenvalue weighted by Gasteiger charge is 2.10. The van der Waals surface area contributed by atoms with Crippen LogP contribution in [0, 0.1) is 0 Å². The Morgan fingerprint density at radius 1 is 1.10 bits per heavy atom. The zero-order valence-electron chi connectivity index (χ0n) is 11.3. The monoisotopic (exact) mass is 301 g/mol. The fraction of sp³-hybridized carbons (Fsp3) is 0.188. The molecule has 0 aliphatic heterocycles. The van der Waals surface area contributed by atoms with E-state index < -0.39 is 6.10 Å². The molecule has 4 nitrogen and oxygen atoms in total. The average molecular weight is 301 g/mol. The lowest BCUT2D eigenvalue weighted by Gasteiger charge is -2.10. The molecule has 0 amide bonds. The Morgan fingerprint density at radius 3 is 2.67 bits per heavy atom. The molecule has 5 heteroatoms. The summed E-state index contributed by atoms with van der Waals surface area (Å²) in [5, 5.41) is 10.5. The minimum absolute atomic E-state index is 0.247. The van der Waals surface area contributed by atoms with E-state index in [2.05, 4.69) is 4.98 Å². The predicted molar refractivity (Wildman–Crippen MR) is 82.7 cm³/mol. The number of aromatic nitrogens is 1. The first-order valence-electron chi connectivity index (χ1n) is 6.65. The first-order valence-corrected chi connectivity index (χ1v) is 7.64. The van der Waals surface area contributed by atoms with E-state index in [1.807, 2.05) is 54.6 Å². The Bertz CT molecular complexity index is 666. The fourth-order valence-corrected chi connectivity index (χ4v) is 2.58. The number of aliphatic hydroxyl groups is 1. The van der Waals surface area contributed by atoms with Crippen molar-refractivity contribution in [3.63, 3.8) is 0 Å². The van der Waals surface area contributed by atoms with Crippen molar-refractivity contribution >= 4 is 22.9 Å². The van der Waals surface area contributed by atoms with Gasteiger partial charge in [0.25, 0.3) is 5.22 Å². The third-order valence-electron chi connectivity index (χ3n) is 2.86. The van der Waals surface area contributed by atoms with Crippen molar-refractivity contribution in [2.45, 2.75) is 11.3 Å². The maximum atomic E-state index is 9.93. The number of para-hydroxylation sites is 3. The molecule has 0 fully saturated rings. The van der Waals surface area contributed by atoms with Crippen LogP contribution in [0.1, 0.15) is 0 Å². The van der Waals surface area contributed by atoms with Crippen LogP contribution in [0.5, 0.6) is 5.75 Å². The molecule has 0 radical (unpaired) electrons. The van der Waals surface area contributed by atoms with E-state index in [1.54, 1.807) is 0 Å². The van der Waals surface area contributed by atoms with Gasteiger partial charge >= 0.3 is 0 Å². The lowest BCUT2D eigenvalue weighted by atomic mass is 10.3. The molecule has 2 aromatic carbocycles. The van der Waals surface area contributed by atoms with Gasteiger partial charge in [0.2, 0.25) is 0 Å². The van der Waals surface area contributed by atoms with Gasteiger partial charge in [-0.05, 0) is 24.3 Å². The number of hydrogen-bond acceptors (Lipinski definition) is 5. The van der Waals surface area contributed by atoms with E-state index in [4.69, 9.17) is 9.15 Å². The number of nitrogens with zero attached hydrogens (tertiary/aromatic N) is 1. The lowest BCUT2D eigenvalue weighted by molar-refractivity contribution is 0.126. The second-order valence-corrected chi connectivity index (χ2v) is 5.51. The average Bonchev–Trinajstić information content (AvgIpc) is 2.95. The number of ether oxygens (including phenoxy) is 1. The van der Waals surface area contributed by atoms with Gasteiger partial charge in [-0.1, -0.05) is 42.1 Å². The van der Waals surface area contributed by atoms with Gasteiger partial charge in [0, 0.05) is 5.75 Å². The highest BCUT2D eigenvalue weighted by molar-refractivity contribution is 7.99. The number of hydrogen-bond donors (Lipinski definition) is 1. The predicted octanol–water partition coefficient (Wildman–Crippen LogP) is 3.36. The Labute approximate surface area is 126 Å². The van der Waals surface area contributed by atoms with E-state index in [0.717, 1.165) is 16.8 Å². The lowest BCUT2D eigenvalue weighted by Crippen LogP contribution is -2.20. The van der Waals surface area contributed by atoms with Gasteiger partial charge in [-0.2, -0.15) is 0 Å². The Balaban J connectivity index is 1.50. The normalized spacial score (nSPS) is 12.4. The van der Waals surface area contributed by atoms with Gasteiger partial charge in [0.1, 0.15) is 17.9 Å². The molecule has 21 heavy (non-hydrogen) atoms. The van der Waals surface area contributed by atoms with E-state index in [9.17, 15) is 5.11 Å². The highest BCUT2D eigenvalue weighted by atomic mass is 32.2. The van der Waals surface area contributed by atoms with Crippen LogP contribution in [-0.2, 0) is 0 Å². The van der Waals surface area contributed by atoms with Gasteiger partial charge in [0.15, 0.2) is 5.58 Å². The summed E-state index contributed by atoms with van der Waals surface area (Å²) in [4.78, 5) is 4.35. The van der Waals surface area contributed by atoms with Gasteiger partial charge in [-0.25, -0.2) is 4.98 Å². The molecule has 0 saturated carbocycles. The number of benzene rings is 2. The number of fused-ring (bicyclic) bond motifs is 1. The molecule has 1 N–H and O–H groups in total. The molecular weight excluding hydrogens is 286 g/mol. The standard InChI is InChI=1S/C16H15NO3S/c18-12(10-19-13-6-2-1-3-7-13)11-21-16-17-14-8-4-5-9-15(14)20-16/h1-9,12,18H,10-11H2/t12-/m1/s1. The van der Waals surface area contributed by atoms with Gasteiger partial charge in [-0.15, -0.1) is 0 Å². The van der Waals surface area contributed by atoms with Crippen LogP contribution in [0.4, 0.5) is 0 Å². The van der Waals surface area contributed by atoms with Crippen molar-refractivity contribution in [3.8, 4) is 5.75 Å². The maximum absolute atomic E-state index is 9.93. The van der Waals surface area contributed by atoms with Crippen molar-refractivity contribution in [2.75, 3.05) is 12.4 Å². The van der Waals surface area contributed by atoms with E-state index >= 15 is 0 Å². The molecule has 0 spiro atoms. The number of oxazole rings is 1. The van der Waals surface area contributed by atoms with Crippen molar-refractivity contribution in [3.05, 3.63) is 54.6 Å². The second kappa shape index (κ2) is 6.65. The Morgan fingerprint density at radius 2 is 1.86 bits per heavy atom. The van der Waals surface area contributed by atoms with E-state index in [0.29, 0.717) is 11.0 Å². The third-order valence-corrected chi connectivity index (χ3v) is 3.83. The minimum atomic E-state index is -0.579. The molecule has 1 heterocycles. The van der Waals surface area contributed by atoms with Crippen LogP contribution in [0.15, 0.2) is 64.2 Å². The molecule has 1 aromatic heterocycles. The summed E-state index contributed by atoms with van der Waals surface area (Å²) in [6.45, 7) is 0.247. The van der Waals surface area contributed by atoms with Crippen molar-refractivity contribution in [1.82, 2.24) is 4.98 Å². The number of thioether (sulfide) groups is 1. The summed E-state index contributed by atoms with van der Waals surface area (Å²) in [5.74, 6) is 1.23. The van der Waals surface area contributed by atoms with Gasteiger partial charge in [-0.3, -0.25) is 0 Å². The largest absolute Gasteiger partial charge is 0.491 e. The van der Waals surface area contributed by atoms with E-state index in [-0.39, 0.29) is 6.61 Å². The molecule has 1 atom stereocenters. The quantitative estimate of drug-likeness (QED) is 0.708. The molecule has 0 aliphatic rings. The van der Waals surface area contributed by atoms with E-state index in [1.165, 1.54) is 11.8 Å². The smallest absolute Gasteiger partial charge is 0.256 e. The summed E-state index contributed by atoms with van der Waals surface area (Å²) in [6.07, 6.45) is -0.579. The summed E-state index contributed by atoms with van der Waals surface area (Å²) in [5.41, 5.74) is 1.59. The molecule has 0 aliphatic carbocycles. The molecular formula is C16H15NO3S. The Kier molecular flexibility index (Phi) is 4.43. The minimum Gasteiger partial charge on any atom is -0.491 e. The van der Waals surface area contributed by atoms with Crippen LogP contribution in [-0.4, -0.2) is 28.6 Å². The molecule has 0 unspecified atom stereocenters. The fourth-order valence-electron chi connectivity index (χ4n) is 1.84. The van der Waals surface area contributed by atoms with Gasteiger partial charge < -0.3 is 14.3 Å². The van der Waals surface area contributed by atoms with Crippen LogP contribution in [0.3, 0.4) is 0 Å². The van der Waals surface area contributed by atoms with Crippen molar-refractivity contribution in [2.24, 2.45) is 0 Å². The third kappa shape index (κ3) is 3.77. The zero-order valence-corrected chi connectivity index (χ0v) is 12.1. The van der Waals surface area contributed by atoms with Gasteiger partial charge in [0.05, 0.1) is 6.10 Å². The first kappa shape index (κ1) is 14.0. The van der Waals surface area contributed by atoms with Crippen LogP contribution in [0.25, 0.3) is 11.1 Å². The first-order chi connectivity index (χ1) is 10.3. The zero-order chi connectivity index (χ0) is 14.5. The number of rotatable bonds is 6. The van der Waals surface area contributed by atoms with Crippen molar-refractivity contribution in [1.29, 1.82) is 0 Å². The Hall–Kier alpha value is -1.98. The molecule has 3 aromatic rings. The highest BCUT2D eigenvalue weighted by Crippen LogP contribution is 2.23. The molecule has 3 rings (SSSR count). The summed E-state index contributed by atoms with van der Waals surface area (Å²) >= 11 is 1.38. The topological polar surface area (TPSA) is 55.5 Å². The summed E-state index contributed by atoms with van der Waals surface area (Å²) in [7, 11) is 0. The SMILES string of the molecule is O[C@H](COc1ccccc1)CSc1nc2ccccc2o1. The molecule has 108 valence electrons.